The van der Waals surface area contributed by atoms with Crippen LogP contribution in [-0.2, 0) is 0 Å². The molecule has 0 saturated carbocycles. The Hall–Kier alpha value is -2.46. The number of rotatable bonds is 3. The van der Waals surface area contributed by atoms with Gasteiger partial charge in [0.25, 0.3) is 0 Å². The molecule has 3 nitrogen and oxygen atoms in total. The zero-order valence-corrected chi connectivity index (χ0v) is 13.4. The summed E-state index contributed by atoms with van der Waals surface area (Å²) < 4.78 is 0.310. The predicted molar refractivity (Wildman–Crippen MR) is 95.3 cm³/mol. The van der Waals surface area contributed by atoms with Gasteiger partial charge in [-0.15, -0.1) is 0 Å². The molecule has 3 rings (SSSR count). The van der Waals surface area contributed by atoms with Crippen molar-refractivity contribution in [2.75, 3.05) is 0 Å². The molecule has 1 heterocycles. The SMILES string of the molecule is N/C(Br)=N\c1ncc(-c2ccccc2)cc1-c1ccccc1. The Morgan fingerprint density at radius 1 is 0.864 bits per heavy atom. The lowest BCUT2D eigenvalue weighted by Gasteiger charge is -2.09. The van der Waals surface area contributed by atoms with Gasteiger partial charge in [0.2, 0.25) is 0 Å². The standard InChI is InChI=1S/C18H14BrN3/c19-18(20)22-17-16(14-9-5-2-6-10-14)11-15(12-21-17)13-7-3-1-4-8-13/h1-12H,(H2,20,21,22). The molecular weight excluding hydrogens is 338 g/mol. The number of hydrogen-bond donors (Lipinski definition) is 1. The van der Waals surface area contributed by atoms with E-state index in [9.17, 15) is 0 Å². The molecule has 0 aliphatic rings. The number of nitrogens with zero attached hydrogens (tertiary/aromatic N) is 2. The van der Waals surface area contributed by atoms with Crippen molar-refractivity contribution in [3.8, 4) is 22.3 Å². The van der Waals surface area contributed by atoms with E-state index in [1.54, 1.807) is 0 Å². The number of pyridine rings is 1. The van der Waals surface area contributed by atoms with E-state index in [2.05, 4.69) is 44.1 Å². The molecule has 0 bridgehead atoms. The van der Waals surface area contributed by atoms with Gasteiger partial charge in [0, 0.05) is 17.3 Å². The Labute approximate surface area is 137 Å². The summed E-state index contributed by atoms with van der Waals surface area (Å²) in [5.41, 5.74) is 9.82. The summed E-state index contributed by atoms with van der Waals surface area (Å²) in [6, 6.07) is 22.3. The second kappa shape index (κ2) is 6.54. The molecule has 1 aromatic heterocycles. The first-order chi connectivity index (χ1) is 10.7. The van der Waals surface area contributed by atoms with Gasteiger partial charge in [-0.3, -0.25) is 0 Å². The molecule has 2 N–H and O–H groups in total. The van der Waals surface area contributed by atoms with E-state index in [4.69, 9.17) is 5.73 Å². The summed E-state index contributed by atoms with van der Waals surface area (Å²) in [4.78, 5) is 8.74. The van der Waals surface area contributed by atoms with Gasteiger partial charge in [-0.25, -0.2) is 9.98 Å². The second-order valence-electron chi connectivity index (χ2n) is 4.76. The van der Waals surface area contributed by atoms with Crippen molar-refractivity contribution in [2.24, 2.45) is 10.7 Å². The Morgan fingerprint density at radius 2 is 1.45 bits per heavy atom. The van der Waals surface area contributed by atoms with Crippen LogP contribution >= 0.6 is 15.9 Å². The molecule has 0 spiro atoms. The molecule has 0 fully saturated rings. The summed E-state index contributed by atoms with van der Waals surface area (Å²) in [6.07, 6.45) is 1.82. The van der Waals surface area contributed by atoms with Crippen LogP contribution in [0.25, 0.3) is 22.3 Å². The van der Waals surface area contributed by atoms with E-state index in [0.717, 1.165) is 22.3 Å². The van der Waals surface area contributed by atoms with Gasteiger partial charge >= 0.3 is 0 Å². The van der Waals surface area contributed by atoms with Crippen molar-refractivity contribution < 1.29 is 0 Å². The van der Waals surface area contributed by atoms with Gasteiger partial charge < -0.3 is 5.73 Å². The molecule has 0 aliphatic carbocycles. The van der Waals surface area contributed by atoms with Gasteiger partial charge in [0.1, 0.15) is 0 Å². The Balaban J connectivity index is 2.17. The van der Waals surface area contributed by atoms with Crippen LogP contribution in [0.3, 0.4) is 0 Å². The lowest BCUT2D eigenvalue weighted by atomic mass is 10.0. The fraction of sp³-hybridized carbons (Fsp3) is 0. The van der Waals surface area contributed by atoms with E-state index in [-0.39, 0.29) is 0 Å². The number of aliphatic imine (C=N–C) groups is 1. The van der Waals surface area contributed by atoms with Crippen LogP contribution in [-0.4, -0.2) is 9.73 Å². The summed E-state index contributed by atoms with van der Waals surface area (Å²) in [5.74, 6) is 0.597. The third-order valence-electron chi connectivity index (χ3n) is 3.27. The number of amidine groups is 1. The van der Waals surface area contributed by atoms with Crippen molar-refractivity contribution in [2.45, 2.75) is 0 Å². The molecule has 0 aliphatic heterocycles. The summed E-state index contributed by atoms with van der Waals surface area (Å²) >= 11 is 3.17. The summed E-state index contributed by atoms with van der Waals surface area (Å²) in [5, 5.41) is 0. The normalized spacial score (nSPS) is 11.4. The maximum Gasteiger partial charge on any atom is 0.169 e. The van der Waals surface area contributed by atoms with E-state index in [0.29, 0.717) is 10.6 Å². The molecule has 22 heavy (non-hydrogen) atoms. The van der Waals surface area contributed by atoms with Gasteiger partial charge in [-0.1, -0.05) is 60.7 Å². The minimum atomic E-state index is 0.310. The first-order valence-corrected chi connectivity index (χ1v) is 7.64. The minimum Gasteiger partial charge on any atom is -0.378 e. The van der Waals surface area contributed by atoms with E-state index in [1.165, 1.54) is 0 Å². The van der Waals surface area contributed by atoms with Gasteiger partial charge in [0.15, 0.2) is 10.6 Å². The third kappa shape index (κ3) is 3.23. The fourth-order valence-corrected chi connectivity index (χ4v) is 2.43. The number of benzene rings is 2. The molecule has 2 aromatic carbocycles. The lowest BCUT2D eigenvalue weighted by Crippen LogP contribution is -2.00. The van der Waals surface area contributed by atoms with Crippen LogP contribution in [0.15, 0.2) is 77.9 Å². The smallest absolute Gasteiger partial charge is 0.169 e. The van der Waals surface area contributed by atoms with E-state index in [1.807, 2.05) is 54.7 Å². The maximum atomic E-state index is 5.65. The largest absolute Gasteiger partial charge is 0.378 e. The highest BCUT2D eigenvalue weighted by molar-refractivity contribution is 9.18. The van der Waals surface area contributed by atoms with Crippen molar-refractivity contribution in [3.05, 3.63) is 72.9 Å². The third-order valence-corrected chi connectivity index (χ3v) is 3.45. The number of aromatic nitrogens is 1. The Bertz CT molecular complexity index is 795. The van der Waals surface area contributed by atoms with Gasteiger partial charge in [-0.05, 0) is 33.1 Å². The highest BCUT2D eigenvalue weighted by Gasteiger charge is 2.09. The van der Waals surface area contributed by atoms with Crippen LogP contribution in [0.2, 0.25) is 0 Å². The molecule has 4 heteroatoms. The minimum absolute atomic E-state index is 0.310. The molecule has 0 unspecified atom stereocenters. The van der Waals surface area contributed by atoms with Crippen molar-refractivity contribution >= 4 is 26.5 Å². The van der Waals surface area contributed by atoms with Crippen LogP contribution in [0.4, 0.5) is 5.82 Å². The zero-order chi connectivity index (χ0) is 15.4. The highest BCUT2D eigenvalue weighted by atomic mass is 79.9. The Morgan fingerprint density at radius 3 is 2.05 bits per heavy atom. The topological polar surface area (TPSA) is 51.3 Å². The van der Waals surface area contributed by atoms with E-state index >= 15 is 0 Å². The average Bonchev–Trinajstić information content (AvgIpc) is 2.56. The first kappa shape index (κ1) is 14.5. The first-order valence-electron chi connectivity index (χ1n) is 6.84. The quantitative estimate of drug-likeness (QED) is 0.420. The average molecular weight is 352 g/mol. The van der Waals surface area contributed by atoms with Crippen LogP contribution in [0, 0.1) is 0 Å². The Kier molecular flexibility index (Phi) is 4.30. The number of nitrogens with two attached hydrogens (primary N) is 1. The van der Waals surface area contributed by atoms with Gasteiger partial charge in [0.05, 0.1) is 0 Å². The fourth-order valence-electron chi connectivity index (χ4n) is 2.27. The molecule has 3 aromatic rings. The molecule has 0 atom stereocenters. The van der Waals surface area contributed by atoms with Crippen molar-refractivity contribution in [1.82, 2.24) is 4.98 Å². The highest BCUT2D eigenvalue weighted by Crippen LogP contribution is 2.32. The number of halogens is 1. The van der Waals surface area contributed by atoms with Crippen LogP contribution < -0.4 is 5.73 Å². The maximum absolute atomic E-state index is 5.65. The van der Waals surface area contributed by atoms with Crippen molar-refractivity contribution in [1.29, 1.82) is 0 Å². The van der Waals surface area contributed by atoms with Crippen LogP contribution in [0.1, 0.15) is 0 Å². The monoisotopic (exact) mass is 351 g/mol. The molecule has 0 radical (unpaired) electrons. The predicted octanol–water partition coefficient (Wildman–Crippen LogP) is 4.76. The molecule has 0 saturated heterocycles. The zero-order valence-electron chi connectivity index (χ0n) is 11.8. The van der Waals surface area contributed by atoms with Crippen molar-refractivity contribution in [3.63, 3.8) is 0 Å². The van der Waals surface area contributed by atoms with E-state index < -0.39 is 0 Å². The summed E-state index contributed by atoms with van der Waals surface area (Å²) in [7, 11) is 0. The molecule has 108 valence electrons. The molecular formula is C18H14BrN3. The lowest BCUT2D eigenvalue weighted by molar-refractivity contribution is 1.27. The van der Waals surface area contributed by atoms with Gasteiger partial charge in [-0.2, -0.15) is 0 Å². The van der Waals surface area contributed by atoms with Crippen LogP contribution in [0.5, 0.6) is 0 Å². The number of hydrogen-bond acceptors (Lipinski definition) is 2. The summed E-state index contributed by atoms with van der Waals surface area (Å²) in [6.45, 7) is 0. The molecule has 0 amide bonds. The second-order valence-corrected chi connectivity index (χ2v) is 5.57.